The van der Waals surface area contributed by atoms with Crippen LogP contribution < -0.4 is 4.74 Å². The maximum absolute atomic E-state index is 13.9. The van der Waals surface area contributed by atoms with Gasteiger partial charge in [-0.05, 0) is 37.1 Å². The first kappa shape index (κ1) is 13.8. The van der Waals surface area contributed by atoms with Crippen molar-refractivity contribution in [3.8, 4) is 5.75 Å². The minimum atomic E-state index is -2.99. The molecule has 1 aliphatic rings. The summed E-state index contributed by atoms with van der Waals surface area (Å²) >= 11 is 0. The fourth-order valence-corrected chi connectivity index (χ4v) is 2.26. The first-order valence-electron chi connectivity index (χ1n) is 6.28. The second-order valence-electron chi connectivity index (χ2n) is 4.91. The van der Waals surface area contributed by atoms with Gasteiger partial charge in [0.15, 0.2) is 0 Å². The molecule has 1 unspecified atom stereocenters. The second kappa shape index (κ2) is 5.15. The summed E-state index contributed by atoms with van der Waals surface area (Å²) in [5.74, 6) is -3.37. The Labute approximate surface area is 110 Å². The van der Waals surface area contributed by atoms with Crippen molar-refractivity contribution in [2.24, 2.45) is 0 Å². The molecule has 0 amide bonds. The Bertz CT molecular complexity index is 486. The van der Waals surface area contributed by atoms with Crippen molar-refractivity contribution in [1.82, 2.24) is 0 Å². The third kappa shape index (κ3) is 3.22. The molecule has 1 N–H and O–H groups in total. The van der Waals surface area contributed by atoms with E-state index >= 15 is 0 Å². The highest BCUT2D eigenvalue weighted by molar-refractivity contribution is 5.66. The van der Waals surface area contributed by atoms with Gasteiger partial charge in [-0.1, -0.05) is 0 Å². The van der Waals surface area contributed by atoms with Gasteiger partial charge in [0.1, 0.15) is 11.9 Å². The molecule has 1 aromatic rings. The Morgan fingerprint density at radius 3 is 2.95 bits per heavy atom. The summed E-state index contributed by atoms with van der Waals surface area (Å²) in [4.78, 5) is 10.3. The molecule has 1 heterocycles. The number of benzene rings is 1. The van der Waals surface area contributed by atoms with Crippen LogP contribution in [0.3, 0.4) is 0 Å². The van der Waals surface area contributed by atoms with Crippen molar-refractivity contribution >= 4 is 5.97 Å². The van der Waals surface area contributed by atoms with Crippen LogP contribution in [0.15, 0.2) is 18.2 Å². The quantitative estimate of drug-likeness (QED) is 0.892. The molecule has 0 saturated heterocycles. The summed E-state index contributed by atoms with van der Waals surface area (Å²) in [6, 6.07) is 4.40. The molecular formula is C14H16F2O3. The van der Waals surface area contributed by atoms with Crippen molar-refractivity contribution in [1.29, 1.82) is 0 Å². The van der Waals surface area contributed by atoms with Crippen molar-refractivity contribution in [2.45, 2.75) is 44.6 Å². The number of ether oxygens (including phenoxy) is 1. The van der Waals surface area contributed by atoms with E-state index in [1.54, 1.807) is 6.07 Å². The average Bonchev–Trinajstić information content (AvgIpc) is 2.67. The number of alkyl halides is 2. The van der Waals surface area contributed by atoms with Gasteiger partial charge in [-0.3, -0.25) is 4.79 Å². The summed E-state index contributed by atoms with van der Waals surface area (Å²) in [7, 11) is 0. The fraction of sp³-hybridized carbons (Fsp3) is 0.500. The van der Waals surface area contributed by atoms with Crippen molar-refractivity contribution in [3.05, 3.63) is 29.3 Å². The minimum absolute atomic E-state index is 0.0193. The average molecular weight is 270 g/mol. The largest absolute Gasteiger partial charge is 0.490 e. The molecule has 0 radical (unpaired) electrons. The normalized spacial score (nSPS) is 17.9. The zero-order chi connectivity index (χ0) is 14.0. The summed E-state index contributed by atoms with van der Waals surface area (Å²) in [5.41, 5.74) is 0.734. The van der Waals surface area contributed by atoms with E-state index in [1.807, 2.05) is 6.92 Å². The molecule has 5 heteroatoms. The van der Waals surface area contributed by atoms with Gasteiger partial charge in [0.25, 0.3) is 5.92 Å². The number of carboxylic acids is 1. The molecule has 104 valence electrons. The van der Waals surface area contributed by atoms with Gasteiger partial charge in [-0.2, -0.15) is 0 Å². The number of fused-ring (bicyclic) bond motifs is 1. The van der Waals surface area contributed by atoms with E-state index in [1.165, 1.54) is 12.1 Å². The standard InChI is InChI=1S/C14H16F2O3/c1-9-7-10-8-11(4-5-12(10)19-9)14(15,16)6-2-3-13(17)18/h4-5,8-9H,2-3,6-7H2,1H3,(H,17,18). The first-order chi connectivity index (χ1) is 8.88. The van der Waals surface area contributed by atoms with E-state index in [9.17, 15) is 13.6 Å². The number of rotatable bonds is 5. The Balaban J connectivity index is 2.08. The van der Waals surface area contributed by atoms with E-state index < -0.39 is 18.3 Å². The number of carboxylic acid groups (broad SMARTS) is 1. The number of hydrogen-bond acceptors (Lipinski definition) is 2. The van der Waals surface area contributed by atoms with Gasteiger partial charge in [-0.15, -0.1) is 0 Å². The highest BCUT2D eigenvalue weighted by Gasteiger charge is 2.32. The maximum atomic E-state index is 13.9. The molecule has 0 bridgehead atoms. The van der Waals surface area contributed by atoms with Gasteiger partial charge in [-0.25, -0.2) is 8.78 Å². The third-order valence-corrected chi connectivity index (χ3v) is 3.20. The fourth-order valence-electron chi connectivity index (χ4n) is 2.26. The number of halogens is 2. The van der Waals surface area contributed by atoms with E-state index in [4.69, 9.17) is 9.84 Å². The molecular weight excluding hydrogens is 254 g/mol. The molecule has 0 fully saturated rings. The SMILES string of the molecule is CC1Cc2cc(C(F)(F)CCCC(=O)O)ccc2O1. The second-order valence-corrected chi connectivity index (χ2v) is 4.91. The van der Waals surface area contributed by atoms with Crippen LogP contribution in [0.4, 0.5) is 8.78 Å². The lowest BCUT2D eigenvalue weighted by atomic mass is 9.99. The zero-order valence-corrected chi connectivity index (χ0v) is 10.7. The van der Waals surface area contributed by atoms with Crippen LogP contribution in [-0.4, -0.2) is 17.2 Å². The van der Waals surface area contributed by atoms with Gasteiger partial charge in [0, 0.05) is 24.8 Å². The van der Waals surface area contributed by atoms with E-state index in [2.05, 4.69) is 0 Å². The third-order valence-electron chi connectivity index (χ3n) is 3.20. The highest BCUT2D eigenvalue weighted by Crippen LogP contribution is 2.38. The van der Waals surface area contributed by atoms with Crippen LogP contribution in [-0.2, 0) is 17.1 Å². The van der Waals surface area contributed by atoms with E-state index in [0.717, 1.165) is 5.56 Å². The van der Waals surface area contributed by atoms with Crippen LogP contribution in [0, 0.1) is 0 Å². The molecule has 1 atom stereocenters. The Hall–Kier alpha value is -1.65. The minimum Gasteiger partial charge on any atom is -0.490 e. The van der Waals surface area contributed by atoms with Crippen molar-refractivity contribution < 1.29 is 23.4 Å². The van der Waals surface area contributed by atoms with Crippen molar-refractivity contribution in [2.75, 3.05) is 0 Å². The Morgan fingerprint density at radius 1 is 1.53 bits per heavy atom. The summed E-state index contributed by atoms with van der Waals surface area (Å²) in [6.45, 7) is 1.89. The lowest BCUT2D eigenvalue weighted by Gasteiger charge is -2.17. The summed E-state index contributed by atoms with van der Waals surface area (Å²) < 4.78 is 33.3. The van der Waals surface area contributed by atoms with Crippen LogP contribution >= 0.6 is 0 Å². The van der Waals surface area contributed by atoms with E-state index in [0.29, 0.717) is 12.2 Å². The van der Waals surface area contributed by atoms with Gasteiger partial charge in [0.05, 0.1) is 0 Å². The first-order valence-corrected chi connectivity index (χ1v) is 6.28. The molecule has 2 rings (SSSR count). The van der Waals surface area contributed by atoms with Gasteiger partial charge in [0.2, 0.25) is 0 Å². The number of aliphatic carboxylic acids is 1. The zero-order valence-electron chi connectivity index (χ0n) is 10.7. The van der Waals surface area contributed by atoms with Crippen molar-refractivity contribution in [3.63, 3.8) is 0 Å². The molecule has 1 aromatic carbocycles. The molecule has 0 spiro atoms. The van der Waals surface area contributed by atoms with Crippen LogP contribution in [0.2, 0.25) is 0 Å². The molecule has 19 heavy (non-hydrogen) atoms. The summed E-state index contributed by atoms with van der Waals surface area (Å²) in [5, 5.41) is 8.48. The molecule has 3 nitrogen and oxygen atoms in total. The maximum Gasteiger partial charge on any atom is 0.303 e. The monoisotopic (exact) mass is 270 g/mol. The number of hydrogen-bond donors (Lipinski definition) is 1. The van der Waals surface area contributed by atoms with Crippen LogP contribution in [0.25, 0.3) is 0 Å². The predicted octanol–water partition coefficient (Wildman–Crippen LogP) is 3.36. The predicted molar refractivity (Wildman–Crippen MR) is 65.6 cm³/mol. The van der Waals surface area contributed by atoms with E-state index in [-0.39, 0.29) is 24.5 Å². The highest BCUT2D eigenvalue weighted by atomic mass is 19.3. The van der Waals surface area contributed by atoms with Gasteiger partial charge < -0.3 is 9.84 Å². The Kier molecular flexibility index (Phi) is 3.73. The molecule has 0 aromatic heterocycles. The van der Waals surface area contributed by atoms with Gasteiger partial charge >= 0.3 is 5.97 Å². The molecule has 0 saturated carbocycles. The smallest absolute Gasteiger partial charge is 0.303 e. The Morgan fingerprint density at radius 2 is 2.26 bits per heavy atom. The van der Waals surface area contributed by atoms with Crippen LogP contribution in [0.1, 0.15) is 37.3 Å². The topological polar surface area (TPSA) is 46.5 Å². The molecule has 0 aliphatic carbocycles. The van der Waals surface area contributed by atoms with Crippen LogP contribution in [0.5, 0.6) is 5.75 Å². The lowest BCUT2D eigenvalue weighted by Crippen LogP contribution is -2.14. The number of carbonyl (C=O) groups is 1. The lowest BCUT2D eigenvalue weighted by molar-refractivity contribution is -0.137. The summed E-state index contributed by atoms with van der Waals surface area (Å²) in [6.07, 6.45) is -0.0681. The molecule has 1 aliphatic heterocycles.